The Morgan fingerprint density at radius 1 is 1.03 bits per heavy atom. The Morgan fingerprint density at radius 3 is 2.48 bits per heavy atom. The topological polar surface area (TPSA) is 43.9 Å². The number of hydrogen-bond acceptors (Lipinski definition) is 4. The number of nitrogens with zero attached hydrogens (tertiary/aromatic N) is 3. The van der Waals surface area contributed by atoms with E-state index in [2.05, 4.69) is 4.90 Å². The Morgan fingerprint density at radius 2 is 1.76 bits per heavy atom. The van der Waals surface area contributed by atoms with Crippen LogP contribution in [0.2, 0.25) is 5.02 Å². The molecule has 29 heavy (non-hydrogen) atoms. The van der Waals surface area contributed by atoms with Crippen LogP contribution in [0.25, 0.3) is 0 Å². The van der Waals surface area contributed by atoms with Gasteiger partial charge < -0.3 is 14.7 Å². The molecule has 0 spiro atoms. The second-order valence-corrected chi connectivity index (χ2v) is 8.72. The molecule has 2 fully saturated rings. The van der Waals surface area contributed by atoms with Crippen LogP contribution in [0.1, 0.15) is 6.42 Å². The number of benzene rings is 2. The summed E-state index contributed by atoms with van der Waals surface area (Å²) in [4.78, 5) is 32.6. The van der Waals surface area contributed by atoms with Crippen molar-refractivity contribution in [2.24, 2.45) is 5.92 Å². The molecule has 0 N–H and O–H groups in total. The zero-order valence-electron chi connectivity index (χ0n) is 16.4. The quantitative estimate of drug-likeness (QED) is 0.694. The summed E-state index contributed by atoms with van der Waals surface area (Å²) < 4.78 is 0. The van der Waals surface area contributed by atoms with Gasteiger partial charge >= 0.3 is 0 Å². The van der Waals surface area contributed by atoms with Gasteiger partial charge in [0.25, 0.3) is 0 Å². The van der Waals surface area contributed by atoms with E-state index in [0.29, 0.717) is 19.6 Å². The molecule has 7 heteroatoms. The molecule has 2 aliphatic rings. The lowest BCUT2D eigenvalue weighted by Gasteiger charge is -2.37. The smallest absolute Gasteiger partial charge is 0.228 e. The Labute approximate surface area is 180 Å². The number of anilines is 2. The second kappa shape index (κ2) is 8.67. The van der Waals surface area contributed by atoms with Crippen molar-refractivity contribution in [3.63, 3.8) is 0 Å². The minimum atomic E-state index is -0.266. The molecule has 2 aromatic carbocycles. The van der Waals surface area contributed by atoms with E-state index in [-0.39, 0.29) is 24.2 Å². The zero-order valence-corrected chi connectivity index (χ0v) is 18.0. The average molecular weight is 430 g/mol. The highest BCUT2D eigenvalue weighted by Gasteiger charge is 2.38. The fourth-order valence-electron chi connectivity index (χ4n) is 4.02. The molecule has 0 aromatic heterocycles. The first kappa shape index (κ1) is 20.1. The van der Waals surface area contributed by atoms with Crippen molar-refractivity contribution in [2.45, 2.75) is 11.3 Å². The normalized spacial score (nSPS) is 19.7. The van der Waals surface area contributed by atoms with Gasteiger partial charge in [0.05, 0.1) is 5.92 Å². The molecule has 1 atom stereocenters. The fraction of sp³-hybridized carbons (Fsp3) is 0.364. The molecule has 2 aromatic rings. The van der Waals surface area contributed by atoms with Crippen LogP contribution in [0.5, 0.6) is 0 Å². The van der Waals surface area contributed by atoms with Gasteiger partial charge in [0.1, 0.15) is 0 Å². The number of carbonyl (C=O) groups is 2. The van der Waals surface area contributed by atoms with Crippen molar-refractivity contribution >= 4 is 46.6 Å². The first-order valence-electron chi connectivity index (χ1n) is 9.79. The monoisotopic (exact) mass is 429 g/mol. The Hall–Kier alpha value is -2.18. The summed E-state index contributed by atoms with van der Waals surface area (Å²) in [6.07, 6.45) is 2.30. The molecule has 0 radical (unpaired) electrons. The standard InChI is InChI=1S/C22H24ClN3O2S/c1-29-20-7-3-6-19(14-20)26-15-16(12-21(26)27)22(28)25-10-8-24(9-11-25)18-5-2-4-17(23)13-18/h2-7,13-14,16H,8-12,15H2,1H3/t16-/m0/s1. The van der Waals surface area contributed by atoms with E-state index in [9.17, 15) is 9.59 Å². The lowest BCUT2D eigenvalue weighted by atomic mass is 10.1. The Bertz CT molecular complexity index is 914. The number of amides is 2. The summed E-state index contributed by atoms with van der Waals surface area (Å²) in [7, 11) is 0. The minimum Gasteiger partial charge on any atom is -0.368 e. The van der Waals surface area contributed by atoms with Gasteiger partial charge in [0.2, 0.25) is 11.8 Å². The molecule has 5 nitrogen and oxygen atoms in total. The van der Waals surface area contributed by atoms with Gasteiger partial charge in [0.15, 0.2) is 0 Å². The second-order valence-electron chi connectivity index (χ2n) is 7.40. The number of piperazine rings is 1. The van der Waals surface area contributed by atoms with Crippen molar-refractivity contribution in [1.29, 1.82) is 0 Å². The molecular weight excluding hydrogens is 406 g/mol. The highest BCUT2D eigenvalue weighted by molar-refractivity contribution is 7.98. The molecule has 152 valence electrons. The lowest BCUT2D eigenvalue weighted by Crippen LogP contribution is -2.50. The predicted molar refractivity (Wildman–Crippen MR) is 119 cm³/mol. The van der Waals surface area contributed by atoms with Gasteiger partial charge in [-0.05, 0) is 42.7 Å². The number of halogens is 1. The number of rotatable bonds is 4. The van der Waals surface area contributed by atoms with Crippen LogP contribution in [-0.2, 0) is 9.59 Å². The summed E-state index contributed by atoms with van der Waals surface area (Å²) in [6, 6.07) is 15.7. The maximum Gasteiger partial charge on any atom is 0.228 e. The highest BCUT2D eigenvalue weighted by atomic mass is 35.5. The molecule has 0 unspecified atom stereocenters. The first-order chi connectivity index (χ1) is 14.0. The minimum absolute atomic E-state index is 0.0270. The van der Waals surface area contributed by atoms with E-state index < -0.39 is 0 Å². The third-order valence-electron chi connectivity index (χ3n) is 5.60. The van der Waals surface area contributed by atoms with Gasteiger partial charge in [-0.25, -0.2) is 0 Å². The third-order valence-corrected chi connectivity index (χ3v) is 6.56. The number of hydrogen-bond donors (Lipinski definition) is 0. The first-order valence-corrected chi connectivity index (χ1v) is 11.4. The molecule has 0 aliphatic carbocycles. The van der Waals surface area contributed by atoms with Gasteiger partial charge in [-0.3, -0.25) is 9.59 Å². The summed E-state index contributed by atoms with van der Waals surface area (Å²) in [5.74, 6) is -0.148. The Kier molecular flexibility index (Phi) is 6.01. The third kappa shape index (κ3) is 4.38. The number of carbonyl (C=O) groups excluding carboxylic acids is 2. The van der Waals surface area contributed by atoms with Gasteiger partial charge in [-0.15, -0.1) is 11.8 Å². The SMILES string of the molecule is CSc1cccc(N2C[C@@H](C(=O)N3CCN(c4cccc(Cl)c4)CC3)CC2=O)c1. The fourth-order valence-corrected chi connectivity index (χ4v) is 4.65. The van der Waals surface area contributed by atoms with Gasteiger partial charge in [-0.2, -0.15) is 0 Å². The van der Waals surface area contributed by atoms with Gasteiger partial charge in [0, 0.05) is 60.4 Å². The maximum atomic E-state index is 13.0. The van der Waals surface area contributed by atoms with Crippen LogP contribution in [0.3, 0.4) is 0 Å². The zero-order chi connectivity index (χ0) is 20.4. The summed E-state index contributed by atoms with van der Waals surface area (Å²) in [5.41, 5.74) is 1.96. The predicted octanol–water partition coefficient (Wildman–Crippen LogP) is 3.76. The van der Waals surface area contributed by atoms with Crippen molar-refractivity contribution in [3.8, 4) is 0 Å². The maximum absolute atomic E-state index is 13.0. The van der Waals surface area contributed by atoms with E-state index in [4.69, 9.17) is 11.6 Å². The van der Waals surface area contributed by atoms with E-state index in [0.717, 1.165) is 34.4 Å². The molecule has 2 aliphatic heterocycles. The number of thioether (sulfide) groups is 1. The van der Waals surface area contributed by atoms with E-state index in [1.165, 1.54) is 0 Å². The molecule has 0 bridgehead atoms. The van der Waals surface area contributed by atoms with Crippen molar-refractivity contribution in [2.75, 3.05) is 48.8 Å². The molecule has 2 amide bonds. The van der Waals surface area contributed by atoms with Crippen molar-refractivity contribution in [3.05, 3.63) is 53.6 Å². The molecule has 4 rings (SSSR count). The lowest BCUT2D eigenvalue weighted by molar-refractivity contribution is -0.136. The molecule has 2 saturated heterocycles. The summed E-state index contributed by atoms with van der Waals surface area (Å²) in [5, 5.41) is 0.719. The van der Waals surface area contributed by atoms with Crippen LogP contribution in [0.4, 0.5) is 11.4 Å². The Balaban J connectivity index is 1.37. The van der Waals surface area contributed by atoms with Crippen molar-refractivity contribution < 1.29 is 9.59 Å². The highest BCUT2D eigenvalue weighted by Crippen LogP contribution is 2.29. The van der Waals surface area contributed by atoms with Crippen LogP contribution in [-0.4, -0.2) is 55.7 Å². The molecule has 0 saturated carbocycles. The van der Waals surface area contributed by atoms with Crippen LogP contribution < -0.4 is 9.80 Å². The molecular formula is C22H24ClN3O2S. The van der Waals surface area contributed by atoms with Crippen LogP contribution in [0.15, 0.2) is 53.4 Å². The van der Waals surface area contributed by atoms with Crippen LogP contribution in [0, 0.1) is 5.92 Å². The van der Waals surface area contributed by atoms with E-state index >= 15 is 0 Å². The summed E-state index contributed by atoms with van der Waals surface area (Å²) >= 11 is 7.74. The van der Waals surface area contributed by atoms with Gasteiger partial charge in [-0.1, -0.05) is 23.7 Å². The van der Waals surface area contributed by atoms with Crippen molar-refractivity contribution in [1.82, 2.24) is 4.90 Å². The summed E-state index contributed by atoms with van der Waals surface area (Å²) in [6.45, 7) is 3.33. The molecule has 2 heterocycles. The van der Waals surface area contributed by atoms with E-state index in [1.54, 1.807) is 16.7 Å². The van der Waals surface area contributed by atoms with Crippen LogP contribution >= 0.6 is 23.4 Å². The van der Waals surface area contributed by atoms with E-state index in [1.807, 2.05) is 59.7 Å². The largest absolute Gasteiger partial charge is 0.368 e. The average Bonchev–Trinajstić information content (AvgIpc) is 3.15.